The third-order valence-corrected chi connectivity index (χ3v) is 8.27. The summed E-state index contributed by atoms with van der Waals surface area (Å²) < 4.78 is 41.2. The standard InChI is InChI=1S/C32H28Cl2F3N5O/c33-25-5-2-6-27(18-25)40-11-13-41(14-12-40)31(43)22-4-1-3-21(15-22)23-17-29-30(39-19-23)38-9-10-42(29)20-24-16-26(34)7-8-28(24)32(35,36)37/h1-8,15-19H,9-14,20H2,(H,38,39). The minimum Gasteiger partial charge on any atom is -0.368 e. The third-order valence-electron chi connectivity index (χ3n) is 7.80. The second kappa shape index (κ2) is 12.0. The van der Waals surface area contributed by atoms with Crippen LogP contribution in [0.25, 0.3) is 11.1 Å². The summed E-state index contributed by atoms with van der Waals surface area (Å²) in [4.78, 5) is 24.0. The summed E-state index contributed by atoms with van der Waals surface area (Å²) in [5.41, 5.74) is 3.23. The highest BCUT2D eigenvalue weighted by Crippen LogP contribution is 2.37. The fourth-order valence-electron chi connectivity index (χ4n) is 5.61. The number of fused-ring (bicyclic) bond motifs is 1. The van der Waals surface area contributed by atoms with E-state index in [-0.39, 0.29) is 23.0 Å². The van der Waals surface area contributed by atoms with Crippen LogP contribution in [0.4, 0.5) is 30.4 Å². The Balaban J connectivity index is 1.21. The quantitative estimate of drug-likeness (QED) is 0.249. The number of alkyl halides is 3. The fraction of sp³-hybridized carbons (Fsp3) is 0.250. The van der Waals surface area contributed by atoms with E-state index in [1.807, 2.05) is 58.3 Å². The van der Waals surface area contributed by atoms with Gasteiger partial charge in [-0.2, -0.15) is 13.2 Å². The number of nitrogens with zero attached hydrogens (tertiary/aromatic N) is 4. The molecule has 6 nitrogen and oxygen atoms in total. The number of aromatic nitrogens is 1. The molecule has 1 saturated heterocycles. The lowest BCUT2D eigenvalue weighted by Crippen LogP contribution is -2.48. The Bertz CT molecular complexity index is 1660. The summed E-state index contributed by atoms with van der Waals surface area (Å²) in [6.45, 7) is 3.62. The van der Waals surface area contributed by atoms with E-state index in [9.17, 15) is 18.0 Å². The number of carbonyl (C=O) groups is 1. The van der Waals surface area contributed by atoms with Gasteiger partial charge < -0.3 is 20.0 Å². The van der Waals surface area contributed by atoms with E-state index in [4.69, 9.17) is 23.2 Å². The molecule has 0 atom stereocenters. The summed E-state index contributed by atoms with van der Waals surface area (Å²) in [6.07, 6.45) is -2.78. The van der Waals surface area contributed by atoms with Gasteiger partial charge in [0.25, 0.3) is 5.91 Å². The van der Waals surface area contributed by atoms with Crippen LogP contribution in [0.1, 0.15) is 21.5 Å². The highest BCUT2D eigenvalue weighted by molar-refractivity contribution is 6.31. The highest BCUT2D eigenvalue weighted by atomic mass is 35.5. The predicted molar refractivity (Wildman–Crippen MR) is 165 cm³/mol. The van der Waals surface area contributed by atoms with Crippen LogP contribution in [0.15, 0.2) is 79.0 Å². The Morgan fingerprint density at radius 1 is 0.860 bits per heavy atom. The van der Waals surface area contributed by atoms with Crippen LogP contribution in [-0.4, -0.2) is 55.1 Å². The summed E-state index contributed by atoms with van der Waals surface area (Å²) in [5.74, 6) is 0.540. The second-order valence-electron chi connectivity index (χ2n) is 10.6. The average molecular weight is 627 g/mol. The molecule has 4 aromatic rings. The smallest absolute Gasteiger partial charge is 0.368 e. The van der Waals surface area contributed by atoms with Crippen molar-refractivity contribution in [2.75, 3.05) is 54.4 Å². The molecule has 0 unspecified atom stereocenters. The molecular weight excluding hydrogens is 598 g/mol. The monoisotopic (exact) mass is 625 g/mol. The Morgan fingerprint density at radius 2 is 1.63 bits per heavy atom. The average Bonchev–Trinajstić information content (AvgIpc) is 3.00. The Labute approximate surface area is 257 Å². The predicted octanol–water partition coefficient (Wildman–Crippen LogP) is 7.47. The molecule has 0 saturated carbocycles. The molecule has 1 aromatic heterocycles. The first-order valence-electron chi connectivity index (χ1n) is 13.9. The van der Waals surface area contributed by atoms with Gasteiger partial charge in [0.1, 0.15) is 5.82 Å². The number of pyridine rings is 1. The number of piperazine rings is 1. The SMILES string of the molecule is O=C(c1cccc(-c2cnc3c(c2)N(Cc2cc(Cl)ccc2C(F)(F)F)CCN3)c1)N1CCN(c2cccc(Cl)c2)CC1. The van der Waals surface area contributed by atoms with Crippen LogP contribution in [0, 0.1) is 0 Å². The molecule has 11 heteroatoms. The van der Waals surface area contributed by atoms with Crippen LogP contribution in [0.5, 0.6) is 0 Å². The van der Waals surface area contributed by atoms with Crippen molar-refractivity contribution in [3.8, 4) is 11.1 Å². The molecule has 6 rings (SSSR count). The van der Waals surface area contributed by atoms with E-state index < -0.39 is 11.7 Å². The second-order valence-corrected chi connectivity index (χ2v) is 11.5. The van der Waals surface area contributed by atoms with Crippen LogP contribution >= 0.6 is 23.2 Å². The van der Waals surface area contributed by atoms with Crippen molar-refractivity contribution in [2.24, 2.45) is 0 Å². The Morgan fingerprint density at radius 3 is 2.40 bits per heavy atom. The van der Waals surface area contributed by atoms with Crippen molar-refractivity contribution in [1.82, 2.24) is 9.88 Å². The molecule has 0 spiro atoms. The van der Waals surface area contributed by atoms with Gasteiger partial charge in [-0.1, -0.05) is 41.4 Å². The maximum absolute atomic E-state index is 13.7. The fourth-order valence-corrected chi connectivity index (χ4v) is 5.99. The number of rotatable bonds is 5. The number of nitrogens with one attached hydrogen (secondary N) is 1. The largest absolute Gasteiger partial charge is 0.416 e. The lowest BCUT2D eigenvalue weighted by Gasteiger charge is -2.36. The summed E-state index contributed by atoms with van der Waals surface area (Å²) >= 11 is 12.2. The van der Waals surface area contributed by atoms with E-state index in [2.05, 4.69) is 15.2 Å². The number of hydrogen-bond acceptors (Lipinski definition) is 5. The topological polar surface area (TPSA) is 51.7 Å². The van der Waals surface area contributed by atoms with Gasteiger partial charge in [0.15, 0.2) is 0 Å². The molecule has 2 aliphatic rings. The van der Waals surface area contributed by atoms with Gasteiger partial charge in [0.05, 0.1) is 11.3 Å². The van der Waals surface area contributed by atoms with Gasteiger partial charge in [-0.3, -0.25) is 4.79 Å². The molecule has 2 aliphatic heterocycles. The highest BCUT2D eigenvalue weighted by Gasteiger charge is 2.34. The number of halogens is 5. The van der Waals surface area contributed by atoms with E-state index in [1.165, 1.54) is 12.1 Å². The summed E-state index contributed by atoms with van der Waals surface area (Å²) in [5, 5.41) is 4.16. The molecule has 1 amide bonds. The molecule has 1 N–H and O–H groups in total. The maximum Gasteiger partial charge on any atom is 0.416 e. The number of benzene rings is 3. The van der Waals surface area contributed by atoms with Crippen LogP contribution in [-0.2, 0) is 12.7 Å². The van der Waals surface area contributed by atoms with E-state index in [1.54, 1.807) is 12.3 Å². The molecule has 1 fully saturated rings. The summed E-state index contributed by atoms with van der Waals surface area (Å²) in [6, 6.07) is 20.6. The molecule has 0 bridgehead atoms. The van der Waals surface area contributed by atoms with Gasteiger partial charge in [-0.15, -0.1) is 0 Å². The van der Waals surface area contributed by atoms with Gasteiger partial charge in [0, 0.05) is 78.9 Å². The van der Waals surface area contributed by atoms with Crippen LogP contribution < -0.4 is 15.1 Å². The Kier molecular flexibility index (Phi) is 8.11. The van der Waals surface area contributed by atoms with Crippen molar-refractivity contribution < 1.29 is 18.0 Å². The van der Waals surface area contributed by atoms with E-state index in [0.717, 1.165) is 22.9 Å². The zero-order chi connectivity index (χ0) is 30.1. The van der Waals surface area contributed by atoms with E-state index >= 15 is 0 Å². The first-order chi connectivity index (χ1) is 20.7. The first-order valence-corrected chi connectivity index (χ1v) is 14.7. The normalized spacial score (nSPS) is 15.2. The van der Waals surface area contributed by atoms with Crippen LogP contribution in [0.3, 0.4) is 0 Å². The molecule has 0 aliphatic carbocycles. The molecule has 3 aromatic carbocycles. The lowest BCUT2D eigenvalue weighted by molar-refractivity contribution is -0.138. The molecule has 0 radical (unpaired) electrons. The first kappa shape index (κ1) is 29.1. The zero-order valence-electron chi connectivity index (χ0n) is 23.0. The van der Waals surface area contributed by atoms with Crippen molar-refractivity contribution in [3.05, 3.63) is 106 Å². The van der Waals surface area contributed by atoms with Crippen LogP contribution in [0.2, 0.25) is 10.0 Å². The van der Waals surface area contributed by atoms with Crippen molar-refractivity contribution in [2.45, 2.75) is 12.7 Å². The number of anilines is 3. The lowest BCUT2D eigenvalue weighted by atomic mass is 10.0. The van der Waals surface area contributed by atoms with Crippen molar-refractivity contribution in [1.29, 1.82) is 0 Å². The zero-order valence-corrected chi connectivity index (χ0v) is 24.6. The van der Waals surface area contributed by atoms with Crippen molar-refractivity contribution in [3.63, 3.8) is 0 Å². The summed E-state index contributed by atoms with van der Waals surface area (Å²) in [7, 11) is 0. The minimum atomic E-state index is -4.49. The van der Waals surface area contributed by atoms with Gasteiger partial charge in [-0.05, 0) is 65.7 Å². The van der Waals surface area contributed by atoms with Gasteiger partial charge in [0.2, 0.25) is 0 Å². The number of amides is 1. The van der Waals surface area contributed by atoms with Gasteiger partial charge in [-0.25, -0.2) is 4.98 Å². The van der Waals surface area contributed by atoms with Gasteiger partial charge >= 0.3 is 6.18 Å². The molecular formula is C32H28Cl2F3N5O. The minimum absolute atomic E-state index is 0.0227. The third kappa shape index (κ3) is 6.38. The molecule has 222 valence electrons. The maximum atomic E-state index is 13.7. The molecule has 3 heterocycles. The molecule has 43 heavy (non-hydrogen) atoms. The van der Waals surface area contributed by atoms with Crippen molar-refractivity contribution >= 4 is 46.3 Å². The number of carbonyl (C=O) groups excluding carboxylic acids is 1. The Hall–Kier alpha value is -3.95. The number of hydrogen-bond donors (Lipinski definition) is 1. The van der Waals surface area contributed by atoms with E-state index in [0.29, 0.717) is 61.4 Å².